The molecule has 1 aliphatic rings. The number of aliphatic carboxylic acids is 2. The zero-order valence-corrected chi connectivity index (χ0v) is 23.2. The number of aliphatic hydroxyl groups is 2. The van der Waals surface area contributed by atoms with Crippen LogP contribution >= 0.6 is 0 Å². The average molecular weight is 582 g/mol. The van der Waals surface area contributed by atoms with Crippen LogP contribution in [0.4, 0.5) is 5.95 Å². The number of aromatic nitrogens is 3. The number of nitrogens with two attached hydrogens (primary N) is 1. The Labute approximate surface area is 242 Å². The van der Waals surface area contributed by atoms with Gasteiger partial charge in [-0.25, -0.2) is 19.6 Å². The Bertz CT molecular complexity index is 1300. The summed E-state index contributed by atoms with van der Waals surface area (Å²) in [6.07, 6.45) is 0.966. The summed E-state index contributed by atoms with van der Waals surface area (Å²) in [4.78, 5) is 50.9. The second-order valence-corrected chi connectivity index (χ2v) is 9.57. The van der Waals surface area contributed by atoms with E-state index in [9.17, 15) is 14.4 Å². The molecule has 6 N–H and O–H groups in total. The molecule has 3 heterocycles. The van der Waals surface area contributed by atoms with Gasteiger partial charge in [0.15, 0.2) is 12.2 Å². The Morgan fingerprint density at radius 3 is 2.10 bits per heavy atom. The summed E-state index contributed by atoms with van der Waals surface area (Å²) < 4.78 is 0. The van der Waals surface area contributed by atoms with Crippen molar-refractivity contribution in [3.63, 3.8) is 0 Å². The Morgan fingerprint density at radius 2 is 1.55 bits per heavy atom. The van der Waals surface area contributed by atoms with Gasteiger partial charge in [0, 0.05) is 70.5 Å². The van der Waals surface area contributed by atoms with E-state index in [1.54, 1.807) is 24.3 Å². The van der Waals surface area contributed by atoms with Crippen molar-refractivity contribution in [2.75, 3.05) is 44.7 Å². The van der Waals surface area contributed by atoms with E-state index in [0.717, 1.165) is 61.1 Å². The van der Waals surface area contributed by atoms with Crippen LogP contribution in [0.2, 0.25) is 0 Å². The fourth-order valence-electron chi connectivity index (χ4n) is 4.12. The van der Waals surface area contributed by atoms with Crippen molar-refractivity contribution in [2.45, 2.75) is 25.3 Å². The summed E-state index contributed by atoms with van der Waals surface area (Å²) in [5.74, 6) is -2.81. The van der Waals surface area contributed by atoms with Gasteiger partial charge in [0.05, 0.1) is 12.2 Å². The van der Waals surface area contributed by atoms with Crippen LogP contribution < -0.4 is 10.6 Å². The van der Waals surface area contributed by atoms with Crippen LogP contribution in [0, 0.1) is 0 Å². The van der Waals surface area contributed by atoms with Crippen molar-refractivity contribution in [3.8, 4) is 11.1 Å². The molecule has 1 aromatic carbocycles. The number of carboxylic acid groups (broad SMARTS) is 2. The number of pyridine rings is 1. The molecule has 42 heavy (non-hydrogen) atoms. The molecule has 3 aromatic rings. The second kappa shape index (κ2) is 15.5. The van der Waals surface area contributed by atoms with E-state index < -0.39 is 24.1 Å². The number of nitrogens with zero attached hydrogens (tertiary/aromatic N) is 6. The third-order valence-corrected chi connectivity index (χ3v) is 6.50. The lowest BCUT2D eigenvalue weighted by molar-refractivity contribution is -0.165. The SMILES string of the molecule is CN(Cc1cccc(-c2ccc(CN3CCN(c4ncccn4)CC3)nc2)c1)C(=O)CN.O=C(O)C(O)C(O)C(=O)O. The number of carboxylic acids is 2. The first kappa shape index (κ1) is 32.0. The lowest BCUT2D eigenvalue weighted by Gasteiger charge is -2.34. The minimum atomic E-state index is -2.27. The molecule has 1 saturated heterocycles. The molecule has 0 spiro atoms. The fraction of sp³-hybridized carbons (Fsp3) is 0.357. The van der Waals surface area contributed by atoms with E-state index in [2.05, 4.69) is 44.0 Å². The van der Waals surface area contributed by atoms with Crippen molar-refractivity contribution in [3.05, 3.63) is 72.3 Å². The standard InChI is InChI=1S/C24H29N7O.C4H6O6/c1-29(23(32)15-25)17-19-4-2-5-20(14-19)21-6-7-22(28-16-21)18-30-10-12-31(13-11-30)24-26-8-3-9-27-24;5-1(3(7)8)2(6)4(9)10/h2-9,14,16H,10-13,15,17-18,25H2,1H3;1-2,5-6H,(H,7,8)(H,9,10). The molecule has 224 valence electrons. The van der Waals surface area contributed by atoms with Crippen molar-refractivity contribution in [1.29, 1.82) is 0 Å². The number of aliphatic hydroxyl groups excluding tert-OH is 2. The Morgan fingerprint density at radius 1 is 0.905 bits per heavy atom. The van der Waals surface area contributed by atoms with Crippen LogP contribution in [0.3, 0.4) is 0 Å². The van der Waals surface area contributed by atoms with Gasteiger partial charge in [0.25, 0.3) is 0 Å². The van der Waals surface area contributed by atoms with Crippen molar-refractivity contribution < 1.29 is 34.8 Å². The number of amides is 1. The van der Waals surface area contributed by atoms with E-state index in [1.807, 2.05) is 24.4 Å². The molecule has 1 amide bonds. The molecule has 2 atom stereocenters. The highest BCUT2D eigenvalue weighted by Crippen LogP contribution is 2.21. The summed E-state index contributed by atoms with van der Waals surface area (Å²) in [5.41, 5.74) is 9.73. The number of rotatable bonds is 10. The molecule has 0 saturated carbocycles. The van der Waals surface area contributed by atoms with Gasteiger partial charge in [0.1, 0.15) is 0 Å². The van der Waals surface area contributed by atoms with E-state index in [0.29, 0.717) is 6.54 Å². The highest BCUT2D eigenvalue weighted by molar-refractivity contribution is 5.83. The quantitative estimate of drug-likeness (QED) is 0.208. The number of carbonyl (C=O) groups is 3. The first-order valence-corrected chi connectivity index (χ1v) is 13.1. The molecule has 0 aliphatic carbocycles. The van der Waals surface area contributed by atoms with Gasteiger partial charge in [-0.05, 0) is 29.3 Å². The van der Waals surface area contributed by atoms with Gasteiger partial charge in [0.2, 0.25) is 11.9 Å². The molecule has 1 fully saturated rings. The van der Waals surface area contributed by atoms with Crippen LogP contribution in [-0.4, -0.2) is 115 Å². The summed E-state index contributed by atoms with van der Waals surface area (Å²) in [7, 11) is 1.77. The van der Waals surface area contributed by atoms with Crippen LogP contribution in [0.5, 0.6) is 0 Å². The van der Waals surface area contributed by atoms with Crippen molar-refractivity contribution in [1.82, 2.24) is 24.8 Å². The molecule has 0 bridgehead atoms. The van der Waals surface area contributed by atoms with E-state index in [4.69, 9.17) is 31.1 Å². The zero-order chi connectivity index (χ0) is 30.6. The average Bonchev–Trinajstić information content (AvgIpc) is 3.01. The first-order chi connectivity index (χ1) is 20.1. The predicted molar refractivity (Wildman–Crippen MR) is 152 cm³/mol. The molecule has 0 radical (unpaired) electrons. The molecular weight excluding hydrogens is 546 g/mol. The van der Waals surface area contributed by atoms with Crippen LogP contribution in [0.15, 0.2) is 61.1 Å². The fourth-order valence-corrected chi connectivity index (χ4v) is 4.12. The monoisotopic (exact) mass is 581 g/mol. The lowest BCUT2D eigenvalue weighted by Crippen LogP contribution is -2.46. The number of hydrogen-bond donors (Lipinski definition) is 5. The van der Waals surface area contributed by atoms with Gasteiger partial charge in [-0.1, -0.05) is 24.3 Å². The van der Waals surface area contributed by atoms with Crippen molar-refractivity contribution in [2.24, 2.45) is 5.73 Å². The maximum atomic E-state index is 11.7. The second-order valence-electron chi connectivity index (χ2n) is 9.57. The highest BCUT2D eigenvalue weighted by atomic mass is 16.4. The normalized spacial score (nSPS) is 14.7. The number of likely N-dealkylation sites (N-methyl/N-ethyl adjacent to an activating group) is 1. The van der Waals surface area contributed by atoms with E-state index in [1.165, 1.54) is 0 Å². The van der Waals surface area contributed by atoms with Crippen molar-refractivity contribution >= 4 is 23.8 Å². The largest absolute Gasteiger partial charge is 0.479 e. The van der Waals surface area contributed by atoms with E-state index >= 15 is 0 Å². The molecule has 2 aromatic heterocycles. The number of carbonyl (C=O) groups excluding carboxylic acids is 1. The topological polar surface area (TPSA) is 207 Å². The summed E-state index contributed by atoms with van der Waals surface area (Å²) in [5, 5.41) is 32.5. The molecule has 14 heteroatoms. The zero-order valence-electron chi connectivity index (χ0n) is 23.2. The Kier molecular flexibility index (Phi) is 11.8. The number of piperazine rings is 1. The highest BCUT2D eigenvalue weighted by Gasteiger charge is 2.29. The van der Waals surface area contributed by atoms with Gasteiger partial charge in [-0.2, -0.15) is 0 Å². The van der Waals surface area contributed by atoms with Crippen LogP contribution in [0.1, 0.15) is 11.3 Å². The summed E-state index contributed by atoms with van der Waals surface area (Å²) in [6, 6.07) is 14.2. The minimum absolute atomic E-state index is 0.0245. The maximum Gasteiger partial charge on any atom is 0.335 e. The molecule has 14 nitrogen and oxygen atoms in total. The summed E-state index contributed by atoms with van der Waals surface area (Å²) >= 11 is 0. The molecular formula is C28H35N7O7. The smallest absolute Gasteiger partial charge is 0.335 e. The Hall–Kier alpha value is -4.50. The van der Waals surface area contributed by atoms with Gasteiger partial charge in [-0.15, -0.1) is 0 Å². The summed E-state index contributed by atoms with van der Waals surface area (Å²) in [6.45, 7) is 5.13. The molecule has 2 unspecified atom stereocenters. The van der Waals surface area contributed by atoms with Crippen LogP contribution in [-0.2, 0) is 27.5 Å². The molecule has 4 rings (SSSR count). The maximum absolute atomic E-state index is 11.7. The number of benzene rings is 1. The van der Waals surface area contributed by atoms with E-state index in [-0.39, 0.29) is 12.5 Å². The third kappa shape index (κ3) is 9.27. The van der Waals surface area contributed by atoms with Crippen LogP contribution in [0.25, 0.3) is 11.1 Å². The van der Waals surface area contributed by atoms with Gasteiger partial charge in [-0.3, -0.25) is 14.7 Å². The number of hydrogen-bond acceptors (Lipinski definition) is 11. The predicted octanol–water partition coefficient (Wildman–Crippen LogP) is -0.345. The lowest BCUT2D eigenvalue weighted by atomic mass is 10.0. The number of anilines is 1. The minimum Gasteiger partial charge on any atom is -0.479 e. The van der Waals surface area contributed by atoms with Gasteiger partial charge < -0.3 is 36.0 Å². The Balaban J connectivity index is 0.000000416. The van der Waals surface area contributed by atoms with Gasteiger partial charge >= 0.3 is 11.9 Å². The third-order valence-electron chi connectivity index (χ3n) is 6.50. The first-order valence-electron chi connectivity index (χ1n) is 13.1. The molecule has 1 aliphatic heterocycles.